The minimum atomic E-state index is -0.936. The fourth-order valence-corrected chi connectivity index (χ4v) is 6.82. The van der Waals surface area contributed by atoms with Gasteiger partial charge in [-0.15, -0.1) is 5.10 Å². The third-order valence-corrected chi connectivity index (χ3v) is 9.24. The van der Waals surface area contributed by atoms with Crippen molar-refractivity contribution in [2.75, 3.05) is 19.6 Å². The first kappa shape index (κ1) is 25.6. The largest absolute Gasteiger partial charge is 0.465 e. The first-order valence-electron chi connectivity index (χ1n) is 12.9. The van der Waals surface area contributed by atoms with Gasteiger partial charge >= 0.3 is 6.09 Å². The number of carbonyl (C=O) groups excluding carboxylic acids is 1. The summed E-state index contributed by atoms with van der Waals surface area (Å²) in [6.07, 6.45) is 0.896. The van der Waals surface area contributed by atoms with E-state index in [-0.39, 0.29) is 23.3 Å². The highest BCUT2D eigenvalue weighted by Crippen LogP contribution is 2.52. The zero-order valence-electron chi connectivity index (χ0n) is 21.1. The molecular weight excluding hydrogens is 537 g/mol. The predicted octanol–water partition coefficient (Wildman–Crippen LogP) is 5.56. The van der Waals surface area contributed by atoms with Crippen molar-refractivity contribution in [3.05, 3.63) is 93.5 Å². The summed E-state index contributed by atoms with van der Waals surface area (Å²) < 4.78 is 0. The Morgan fingerprint density at radius 3 is 2.38 bits per heavy atom. The third-order valence-electron chi connectivity index (χ3n) is 8.51. The van der Waals surface area contributed by atoms with E-state index in [4.69, 9.17) is 23.2 Å². The summed E-state index contributed by atoms with van der Waals surface area (Å²) in [6, 6.07) is 20.4. The fraction of sp³-hybridized carbons (Fsp3) is 0.310. The van der Waals surface area contributed by atoms with Crippen LogP contribution in [0.2, 0.25) is 10.0 Å². The van der Waals surface area contributed by atoms with E-state index in [2.05, 4.69) is 15.4 Å². The zero-order chi connectivity index (χ0) is 27.1. The number of nitrogens with one attached hydrogen (secondary N) is 1. The number of benzene rings is 3. The number of rotatable bonds is 5. The van der Waals surface area contributed by atoms with E-state index in [9.17, 15) is 14.7 Å². The van der Waals surface area contributed by atoms with Crippen LogP contribution >= 0.6 is 23.2 Å². The van der Waals surface area contributed by atoms with Gasteiger partial charge in [-0.25, -0.2) is 4.79 Å². The van der Waals surface area contributed by atoms with Gasteiger partial charge in [-0.2, -0.15) is 0 Å². The van der Waals surface area contributed by atoms with Gasteiger partial charge in [0.1, 0.15) is 5.52 Å². The lowest BCUT2D eigenvalue weighted by Crippen LogP contribution is -2.73. The molecular formula is C29H27Cl2N5O3. The van der Waals surface area contributed by atoms with Crippen LogP contribution in [-0.4, -0.2) is 68.0 Å². The van der Waals surface area contributed by atoms with Crippen LogP contribution in [0.25, 0.3) is 11.0 Å². The van der Waals surface area contributed by atoms with E-state index in [1.807, 2.05) is 59.5 Å². The standard InChI is InChI=1S/C29H27Cl2N5O3/c30-22-7-3-1-5-18(22)13-21-16-35(27(37)20-9-10-24-25(14-20)33-34-32-24)12-11-29(21)17-36(28(38)39)26(29)15-19-6-2-4-8-23(19)31/h1-10,14,21,26H,11-13,15-17H2,(H,38,39)(H,32,33,34). The molecule has 0 aliphatic carbocycles. The lowest BCUT2D eigenvalue weighted by Gasteiger charge is -2.63. The second-order valence-corrected chi connectivity index (χ2v) is 11.3. The maximum Gasteiger partial charge on any atom is 0.407 e. The van der Waals surface area contributed by atoms with Crippen LogP contribution in [0, 0.1) is 11.3 Å². The Morgan fingerprint density at radius 2 is 1.69 bits per heavy atom. The van der Waals surface area contributed by atoms with Crippen LogP contribution in [0.5, 0.6) is 0 Å². The summed E-state index contributed by atoms with van der Waals surface area (Å²) in [7, 11) is 0. The highest BCUT2D eigenvalue weighted by Gasteiger charge is 2.60. The van der Waals surface area contributed by atoms with Crippen molar-refractivity contribution in [2.45, 2.75) is 25.3 Å². The van der Waals surface area contributed by atoms with Crippen LogP contribution < -0.4 is 0 Å². The highest BCUT2D eigenvalue weighted by atomic mass is 35.5. The molecule has 3 unspecified atom stereocenters. The number of amides is 2. The van der Waals surface area contributed by atoms with Gasteiger partial charge in [0, 0.05) is 46.7 Å². The van der Waals surface area contributed by atoms with E-state index < -0.39 is 6.09 Å². The SMILES string of the molecule is O=C(c1ccc2[nH]nnc2c1)N1CCC2(CN(C(=O)O)C2Cc2ccccc2Cl)C(Cc2ccccc2Cl)C1. The molecule has 1 spiro atoms. The predicted molar refractivity (Wildman–Crippen MR) is 149 cm³/mol. The lowest BCUT2D eigenvalue weighted by atomic mass is 9.57. The number of halogens is 2. The molecule has 2 saturated heterocycles. The third kappa shape index (κ3) is 4.61. The number of hydrogen-bond donors (Lipinski definition) is 2. The zero-order valence-corrected chi connectivity index (χ0v) is 22.6. The summed E-state index contributed by atoms with van der Waals surface area (Å²) in [5.41, 5.74) is 3.56. The minimum absolute atomic E-state index is 0.00558. The molecule has 8 nitrogen and oxygen atoms in total. The number of piperidine rings is 1. The molecule has 4 aromatic rings. The smallest absolute Gasteiger partial charge is 0.407 e. The number of hydrogen-bond acceptors (Lipinski definition) is 4. The lowest BCUT2D eigenvalue weighted by molar-refractivity contribution is -0.124. The molecule has 2 amide bonds. The monoisotopic (exact) mass is 563 g/mol. The Balaban J connectivity index is 1.33. The summed E-state index contributed by atoms with van der Waals surface area (Å²) in [5, 5.41) is 22.0. The number of likely N-dealkylation sites (tertiary alicyclic amines) is 2. The van der Waals surface area contributed by atoms with Gasteiger partial charge in [-0.3, -0.25) is 9.89 Å². The summed E-state index contributed by atoms with van der Waals surface area (Å²) in [6.45, 7) is 1.44. The number of aromatic amines is 1. The molecule has 39 heavy (non-hydrogen) atoms. The maximum absolute atomic E-state index is 13.7. The van der Waals surface area contributed by atoms with Crippen molar-refractivity contribution in [3.63, 3.8) is 0 Å². The normalized spacial score (nSPS) is 22.7. The van der Waals surface area contributed by atoms with Gasteiger partial charge in [0.05, 0.1) is 5.52 Å². The minimum Gasteiger partial charge on any atom is -0.465 e. The van der Waals surface area contributed by atoms with Crippen LogP contribution in [0.4, 0.5) is 4.79 Å². The first-order valence-corrected chi connectivity index (χ1v) is 13.7. The molecule has 0 radical (unpaired) electrons. The quantitative estimate of drug-likeness (QED) is 0.331. The Morgan fingerprint density at radius 1 is 1.00 bits per heavy atom. The number of nitrogens with zero attached hydrogens (tertiary/aromatic N) is 4. The Labute approximate surface area is 235 Å². The molecule has 2 fully saturated rings. The van der Waals surface area contributed by atoms with E-state index in [1.54, 1.807) is 12.1 Å². The topological polar surface area (TPSA) is 102 Å². The molecule has 3 atom stereocenters. The number of carbonyl (C=O) groups is 2. The van der Waals surface area contributed by atoms with Gasteiger partial charge in [-0.05, 0) is 66.6 Å². The summed E-state index contributed by atoms with van der Waals surface area (Å²) >= 11 is 13.1. The molecule has 10 heteroatoms. The Bertz CT molecular complexity index is 1560. The second kappa shape index (κ2) is 10.2. The number of fused-ring (bicyclic) bond motifs is 1. The molecule has 0 bridgehead atoms. The molecule has 1 aromatic heterocycles. The average Bonchev–Trinajstić information content (AvgIpc) is 3.40. The van der Waals surface area contributed by atoms with E-state index in [0.717, 1.165) is 16.6 Å². The van der Waals surface area contributed by atoms with Gasteiger partial charge in [0.15, 0.2) is 0 Å². The fourth-order valence-electron chi connectivity index (χ4n) is 6.39. The summed E-state index contributed by atoms with van der Waals surface area (Å²) in [4.78, 5) is 29.3. The van der Waals surface area contributed by atoms with Gasteiger partial charge in [0.25, 0.3) is 5.91 Å². The molecule has 3 heterocycles. The van der Waals surface area contributed by atoms with Gasteiger partial charge in [0.2, 0.25) is 0 Å². The number of carboxylic acid groups (broad SMARTS) is 1. The Kier molecular flexibility index (Phi) is 6.69. The van der Waals surface area contributed by atoms with Crippen molar-refractivity contribution < 1.29 is 14.7 Å². The second-order valence-electron chi connectivity index (χ2n) is 10.5. The molecule has 200 valence electrons. The van der Waals surface area contributed by atoms with Crippen LogP contribution in [0.1, 0.15) is 27.9 Å². The molecule has 2 aliphatic rings. The molecule has 3 aromatic carbocycles. The molecule has 2 N–H and O–H groups in total. The molecule has 2 aliphatic heterocycles. The van der Waals surface area contributed by atoms with Gasteiger partial charge in [-0.1, -0.05) is 64.8 Å². The van der Waals surface area contributed by atoms with Gasteiger partial charge < -0.3 is 14.9 Å². The number of aromatic nitrogens is 3. The average molecular weight is 564 g/mol. The maximum atomic E-state index is 13.7. The van der Waals surface area contributed by atoms with Crippen LogP contribution in [0.15, 0.2) is 66.7 Å². The van der Waals surface area contributed by atoms with Crippen molar-refractivity contribution >= 4 is 46.2 Å². The first-order chi connectivity index (χ1) is 18.9. The molecule has 0 saturated carbocycles. The van der Waals surface area contributed by atoms with Crippen LogP contribution in [-0.2, 0) is 12.8 Å². The van der Waals surface area contributed by atoms with Crippen molar-refractivity contribution in [3.8, 4) is 0 Å². The van der Waals surface area contributed by atoms with Crippen molar-refractivity contribution in [2.24, 2.45) is 11.3 Å². The van der Waals surface area contributed by atoms with E-state index in [1.165, 1.54) is 4.90 Å². The summed E-state index contributed by atoms with van der Waals surface area (Å²) in [5.74, 6) is -0.0788. The van der Waals surface area contributed by atoms with Crippen LogP contribution in [0.3, 0.4) is 0 Å². The Hall–Kier alpha value is -3.62. The highest BCUT2D eigenvalue weighted by molar-refractivity contribution is 6.31. The van der Waals surface area contributed by atoms with E-state index >= 15 is 0 Å². The number of H-pyrrole nitrogens is 1. The van der Waals surface area contributed by atoms with Crippen molar-refractivity contribution in [1.29, 1.82) is 0 Å². The van der Waals surface area contributed by atoms with Crippen molar-refractivity contribution in [1.82, 2.24) is 25.2 Å². The van der Waals surface area contributed by atoms with E-state index in [0.29, 0.717) is 60.0 Å². The molecule has 6 rings (SSSR count).